The molecule has 25 heavy (non-hydrogen) atoms. The number of nitrogens with zero attached hydrogens (tertiary/aromatic N) is 1. The van der Waals surface area contributed by atoms with Gasteiger partial charge in [0.05, 0.1) is 0 Å². The van der Waals surface area contributed by atoms with Gasteiger partial charge in [-0.25, -0.2) is 9.59 Å². The van der Waals surface area contributed by atoms with E-state index in [0.717, 1.165) is 22.7 Å². The molecule has 3 aromatic rings. The summed E-state index contributed by atoms with van der Waals surface area (Å²) < 4.78 is 0. The highest BCUT2D eigenvalue weighted by Crippen LogP contribution is 2.20. The van der Waals surface area contributed by atoms with Crippen molar-refractivity contribution >= 4 is 23.1 Å². The van der Waals surface area contributed by atoms with Gasteiger partial charge in [-0.05, 0) is 11.6 Å². The third-order valence-electron chi connectivity index (χ3n) is 3.72. The van der Waals surface area contributed by atoms with Crippen LogP contribution in [-0.2, 0) is 11.2 Å². The fourth-order valence-corrected chi connectivity index (χ4v) is 2.48. The van der Waals surface area contributed by atoms with Crippen LogP contribution in [-0.4, -0.2) is 43.4 Å². The maximum Gasteiger partial charge on any atom is 0.328 e. The summed E-state index contributed by atoms with van der Waals surface area (Å²) in [5.41, 5.74) is -0.403. The fraction of sp³-hybridized carbons (Fsp3) is 0.125. The number of carbonyl (C=O) groups is 1. The number of rotatable bonds is 5. The topological polar surface area (TPSA) is 151 Å². The van der Waals surface area contributed by atoms with E-state index in [4.69, 9.17) is 0 Å². The van der Waals surface area contributed by atoms with Crippen LogP contribution in [0.4, 0.5) is 0 Å². The number of aromatic hydroxyl groups is 1. The minimum absolute atomic E-state index is 0.0951. The summed E-state index contributed by atoms with van der Waals surface area (Å²) in [7, 11) is 0. The lowest BCUT2D eigenvalue weighted by Gasteiger charge is -2.06. The van der Waals surface area contributed by atoms with Gasteiger partial charge >= 0.3 is 11.7 Å². The second-order valence-electron chi connectivity index (χ2n) is 5.37. The van der Waals surface area contributed by atoms with Crippen LogP contribution in [0.15, 0.2) is 45.0 Å². The van der Waals surface area contributed by atoms with Gasteiger partial charge in [0.2, 0.25) is 5.88 Å². The van der Waals surface area contributed by atoms with E-state index in [-0.39, 0.29) is 12.0 Å². The minimum atomic E-state index is -1.18. The lowest BCUT2D eigenvalue weighted by Crippen LogP contribution is -2.26. The highest BCUT2D eigenvalue weighted by Gasteiger charge is 2.19. The van der Waals surface area contributed by atoms with Crippen LogP contribution in [0, 0.1) is 0 Å². The molecule has 0 spiro atoms. The van der Waals surface area contributed by atoms with E-state index in [1.807, 2.05) is 34.2 Å². The smallest absolute Gasteiger partial charge is 0.328 e. The first-order chi connectivity index (χ1) is 12.0. The molecular weight excluding hydrogens is 328 g/mol. The van der Waals surface area contributed by atoms with Gasteiger partial charge < -0.3 is 15.2 Å². The van der Waals surface area contributed by atoms with Gasteiger partial charge in [0.25, 0.3) is 5.56 Å². The average molecular weight is 342 g/mol. The van der Waals surface area contributed by atoms with E-state index >= 15 is 0 Å². The highest BCUT2D eigenvalue weighted by atomic mass is 16.4. The number of aliphatic imine (C=N–C) groups is 1. The molecule has 0 saturated carbocycles. The Balaban J connectivity index is 1.91. The van der Waals surface area contributed by atoms with Crippen LogP contribution >= 0.6 is 0 Å². The molecule has 0 aliphatic carbocycles. The summed E-state index contributed by atoms with van der Waals surface area (Å²) in [6, 6.07) is 6.28. The zero-order valence-electron chi connectivity index (χ0n) is 12.8. The quantitative estimate of drug-likeness (QED) is 0.424. The third-order valence-corrected chi connectivity index (χ3v) is 3.72. The maximum atomic E-state index is 11.7. The number of benzene rings is 1. The fourth-order valence-electron chi connectivity index (χ4n) is 2.48. The Labute approximate surface area is 139 Å². The molecule has 5 N–H and O–H groups in total. The molecule has 1 atom stereocenters. The first-order valence-electron chi connectivity index (χ1n) is 7.32. The van der Waals surface area contributed by atoms with E-state index in [9.17, 15) is 24.6 Å². The molecule has 2 heterocycles. The molecule has 3 rings (SSSR count). The van der Waals surface area contributed by atoms with Gasteiger partial charge in [-0.3, -0.25) is 19.8 Å². The van der Waals surface area contributed by atoms with E-state index < -0.39 is 29.1 Å². The standard InChI is InChI=1S/C16H14N4O5/c21-13-10(14(22)20-16(25)19-13)7-18-12(15(23)24)5-8-6-17-11-4-2-1-3-9(8)11/h1-4,6-7,12,17H,5H2,(H,23,24)(H3,19,20,21,22,25). The van der Waals surface area contributed by atoms with Crippen molar-refractivity contribution in [2.24, 2.45) is 4.99 Å². The average Bonchev–Trinajstić information content (AvgIpc) is 2.95. The summed E-state index contributed by atoms with van der Waals surface area (Å²) in [6.45, 7) is 0. The van der Waals surface area contributed by atoms with Crippen LogP contribution < -0.4 is 11.2 Å². The first-order valence-corrected chi connectivity index (χ1v) is 7.32. The number of fused-ring (bicyclic) bond motifs is 1. The number of H-pyrrole nitrogens is 3. The number of para-hydroxylation sites is 1. The van der Waals surface area contributed by atoms with Crippen molar-refractivity contribution in [2.75, 3.05) is 0 Å². The summed E-state index contributed by atoms with van der Waals surface area (Å²) in [5.74, 6) is -1.85. The van der Waals surface area contributed by atoms with Crippen LogP contribution in [0.2, 0.25) is 0 Å². The maximum absolute atomic E-state index is 11.7. The summed E-state index contributed by atoms with van der Waals surface area (Å²) in [6.07, 6.45) is 2.75. The number of nitrogens with one attached hydrogen (secondary N) is 3. The van der Waals surface area contributed by atoms with E-state index in [1.54, 1.807) is 6.20 Å². The molecular formula is C16H14N4O5. The van der Waals surface area contributed by atoms with Crippen molar-refractivity contribution in [3.8, 4) is 5.88 Å². The Morgan fingerprint density at radius 2 is 2.00 bits per heavy atom. The zero-order chi connectivity index (χ0) is 18.0. The number of aromatic amines is 3. The molecule has 9 heteroatoms. The van der Waals surface area contributed by atoms with E-state index in [2.05, 4.69) is 9.98 Å². The van der Waals surface area contributed by atoms with Gasteiger partial charge in [0.15, 0.2) is 6.04 Å². The van der Waals surface area contributed by atoms with Crippen molar-refractivity contribution in [2.45, 2.75) is 12.5 Å². The number of aliphatic carboxylic acids is 1. The number of hydrogen-bond acceptors (Lipinski definition) is 5. The molecule has 1 aromatic carbocycles. The Hall–Kier alpha value is -3.62. The Morgan fingerprint density at radius 1 is 1.24 bits per heavy atom. The van der Waals surface area contributed by atoms with Crippen LogP contribution in [0.1, 0.15) is 11.1 Å². The second kappa shape index (κ2) is 6.48. The van der Waals surface area contributed by atoms with Gasteiger partial charge in [-0.15, -0.1) is 0 Å². The SMILES string of the molecule is O=C(O)C(Cc1c[nH]c2ccccc12)N=Cc1c(O)[nH]c(=O)[nH]c1=O. The van der Waals surface area contributed by atoms with Crippen molar-refractivity contribution < 1.29 is 15.0 Å². The van der Waals surface area contributed by atoms with Crippen molar-refractivity contribution in [3.63, 3.8) is 0 Å². The Kier molecular flexibility index (Phi) is 4.21. The molecule has 0 aliphatic heterocycles. The lowest BCUT2D eigenvalue weighted by molar-refractivity contribution is -0.138. The molecule has 0 bridgehead atoms. The van der Waals surface area contributed by atoms with Crippen LogP contribution in [0.25, 0.3) is 10.9 Å². The first kappa shape index (κ1) is 16.2. The van der Waals surface area contributed by atoms with Gasteiger partial charge in [-0.1, -0.05) is 18.2 Å². The van der Waals surface area contributed by atoms with E-state index in [1.165, 1.54) is 0 Å². The van der Waals surface area contributed by atoms with Crippen LogP contribution in [0.5, 0.6) is 5.88 Å². The summed E-state index contributed by atoms with van der Waals surface area (Å²) >= 11 is 0. The number of carboxylic acids is 1. The van der Waals surface area contributed by atoms with Gasteiger partial charge in [0, 0.05) is 29.7 Å². The largest absolute Gasteiger partial charge is 0.494 e. The summed E-state index contributed by atoms with van der Waals surface area (Å²) in [5, 5.41) is 19.9. The molecule has 0 aliphatic rings. The molecule has 0 radical (unpaired) electrons. The predicted molar refractivity (Wildman–Crippen MR) is 90.4 cm³/mol. The molecule has 0 saturated heterocycles. The highest BCUT2D eigenvalue weighted by molar-refractivity contribution is 5.87. The van der Waals surface area contributed by atoms with Crippen molar-refractivity contribution in [1.82, 2.24) is 15.0 Å². The number of aromatic nitrogens is 3. The third kappa shape index (κ3) is 3.34. The Bertz CT molecular complexity index is 1080. The van der Waals surface area contributed by atoms with Crippen LogP contribution in [0.3, 0.4) is 0 Å². The molecule has 1 unspecified atom stereocenters. The monoisotopic (exact) mass is 342 g/mol. The molecule has 2 aromatic heterocycles. The van der Waals surface area contributed by atoms with Crippen molar-refractivity contribution in [1.29, 1.82) is 0 Å². The predicted octanol–water partition coefficient (Wildman–Crippen LogP) is 0.365. The molecule has 128 valence electrons. The molecule has 9 nitrogen and oxygen atoms in total. The number of carboxylic acid groups (broad SMARTS) is 1. The minimum Gasteiger partial charge on any atom is -0.494 e. The Morgan fingerprint density at radius 3 is 2.72 bits per heavy atom. The molecule has 0 fully saturated rings. The van der Waals surface area contributed by atoms with E-state index in [0.29, 0.717) is 0 Å². The number of hydrogen-bond donors (Lipinski definition) is 5. The van der Waals surface area contributed by atoms with Gasteiger partial charge in [-0.2, -0.15) is 0 Å². The van der Waals surface area contributed by atoms with Crippen molar-refractivity contribution in [3.05, 3.63) is 62.4 Å². The normalized spacial score (nSPS) is 12.6. The lowest BCUT2D eigenvalue weighted by atomic mass is 10.1. The second-order valence-corrected chi connectivity index (χ2v) is 5.37. The molecule has 0 amide bonds. The summed E-state index contributed by atoms with van der Waals surface area (Å²) in [4.78, 5) is 45.0. The van der Waals surface area contributed by atoms with Gasteiger partial charge in [0.1, 0.15) is 5.56 Å². The zero-order valence-corrected chi connectivity index (χ0v) is 12.8.